The Morgan fingerprint density at radius 1 is 0.882 bits per heavy atom. The molecule has 0 fully saturated rings. The molecule has 0 heterocycles. The first-order valence-corrected chi connectivity index (χ1v) is 10.2. The maximum Gasteiger partial charge on any atom is 0.387 e. The van der Waals surface area contributed by atoms with Crippen LogP contribution in [0.15, 0.2) is 60.7 Å². The number of hydrogen-bond donors (Lipinski definition) is 1. The Morgan fingerprint density at radius 3 is 2.18 bits per heavy atom. The fourth-order valence-electron chi connectivity index (χ4n) is 3.43. The van der Waals surface area contributed by atoms with Crippen molar-refractivity contribution in [2.24, 2.45) is 0 Å². The maximum atomic E-state index is 12.9. The molecule has 0 unspecified atom stereocenters. The minimum Gasteiger partial charge on any atom is -0.452 e. The number of anilines is 1. The Balaban J connectivity index is 1.44. The minimum atomic E-state index is -2.97. The summed E-state index contributed by atoms with van der Waals surface area (Å²) in [6, 6.07) is 14.0. The second kappa shape index (κ2) is 9.40. The van der Waals surface area contributed by atoms with Crippen molar-refractivity contribution in [3.8, 4) is 5.75 Å². The number of hydrogen-bond acceptors (Lipinski definition) is 6. The number of ether oxygens (including phenoxy) is 2. The average Bonchev–Trinajstić information content (AvgIpc) is 2.82. The molecule has 172 valence electrons. The Kier molecular flexibility index (Phi) is 6.38. The third-order valence-corrected chi connectivity index (χ3v) is 5.34. The molecule has 1 amide bonds. The molecule has 0 saturated carbocycles. The van der Waals surface area contributed by atoms with Crippen molar-refractivity contribution >= 4 is 40.7 Å². The molecule has 0 saturated heterocycles. The number of alkyl halides is 2. The van der Waals surface area contributed by atoms with Crippen LogP contribution in [-0.4, -0.2) is 36.7 Å². The quantitative estimate of drug-likeness (QED) is 0.403. The molecular weight excluding hydrogens is 472 g/mol. The SMILES string of the molecule is O=C(COC(=O)c1ccc2c(c1Cl)C(=O)c1ccccc1C2=O)Nc1ccc(OC(F)F)cc1. The summed E-state index contributed by atoms with van der Waals surface area (Å²) in [6.45, 7) is -3.66. The third-order valence-electron chi connectivity index (χ3n) is 4.95. The van der Waals surface area contributed by atoms with Gasteiger partial charge in [-0.3, -0.25) is 14.4 Å². The first-order chi connectivity index (χ1) is 16.3. The van der Waals surface area contributed by atoms with Crippen LogP contribution in [0.25, 0.3) is 0 Å². The first kappa shape index (κ1) is 23.1. The van der Waals surface area contributed by atoms with Gasteiger partial charge in [0.15, 0.2) is 18.2 Å². The molecular formula is C24H14ClF2NO6. The van der Waals surface area contributed by atoms with E-state index in [1.807, 2.05) is 0 Å². The predicted octanol–water partition coefficient (Wildman–Crippen LogP) is 4.51. The van der Waals surface area contributed by atoms with Crippen LogP contribution in [0.5, 0.6) is 5.75 Å². The van der Waals surface area contributed by atoms with Crippen molar-refractivity contribution in [1.29, 1.82) is 0 Å². The second-order valence-corrected chi connectivity index (χ2v) is 7.46. The van der Waals surface area contributed by atoms with Crippen LogP contribution in [0, 0.1) is 0 Å². The summed E-state index contributed by atoms with van der Waals surface area (Å²) in [5.74, 6) is -2.65. The lowest BCUT2D eigenvalue weighted by Crippen LogP contribution is -2.24. The van der Waals surface area contributed by atoms with Gasteiger partial charge in [0.05, 0.1) is 16.1 Å². The smallest absolute Gasteiger partial charge is 0.387 e. The van der Waals surface area contributed by atoms with E-state index in [0.29, 0.717) is 0 Å². The molecule has 3 aromatic rings. The molecule has 0 aromatic heterocycles. The molecule has 34 heavy (non-hydrogen) atoms. The maximum absolute atomic E-state index is 12.9. The molecule has 0 atom stereocenters. The second-order valence-electron chi connectivity index (χ2n) is 7.08. The molecule has 0 radical (unpaired) electrons. The fraction of sp³-hybridized carbons (Fsp3) is 0.0833. The van der Waals surface area contributed by atoms with Crippen LogP contribution in [0.4, 0.5) is 14.5 Å². The number of amides is 1. The Hall–Kier alpha value is -4.11. The third kappa shape index (κ3) is 4.51. The van der Waals surface area contributed by atoms with Gasteiger partial charge in [-0.25, -0.2) is 4.79 Å². The van der Waals surface area contributed by atoms with Gasteiger partial charge in [-0.2, -0.15) is 8.78 Å². The largest absolute Gasteiger partial charge is 0.452 e. The average molecular weight is 486 g/mol. The van der Waals surface area contributed by atoms with Gasteiger partial charge < -0.3 is 14.8 Å². The van der Waals surface area contributed by atoms with Crippen molar-refractivity contribution in [2.45, 2.75) is 6.61 Å². The van der Waals surface area contributed by atoms with E-state index in [1.165, 1.54) is 48.5 Å². The van der Waals surface area contributed by atoms with E-state index in [-0.39, 0.29) is 44.3 Å². The number of nitrogens with one attached hydrogen (secondary N) is 1. The number of carbonyl (C=O) groups excluding carboxylic acids is 4. The summed E-state index contributed by atoms with van der Waals surface area (Å²) in [7, 11) is 0. The van der Waals surface area contributed by atoms with Crippen molar-refractivity contribution in [3.05, 3.63) is 93.5 Å². The molecule has 1 N–H and O–H groups in total. The lowest BCUT2D eigenvalue weighted by molar-refractivity contribution is -0.119. The highest BCUT2D eigenvalue weighted by molar-refractivity contribution is 6.41. The van der Waals surface area contributed by atoms with Crippen LogP contribution in [0.1, 0.15) is 42.2 Å². The standard InChI is InChI=1S/C24H14ClF2NO6/c25-20-17(10-9-16-19(20)22(31)15-4-2-1-3-14(15)21(16)30)23(32)33-11-18(29)28-12-5-7-13(8-6-12)34-24(26)27/h1-10,24H,11H2,(H,28,29). The highest BCUT2D eigenvalue weighted by Gasteiger charge is 2.33. The van der Waals surface area contributed by atoms with Gasteiger partial charge in [-0.15, -0.1) is 0 Å². The van der Waals surface area contributed by atoms with Gasteiger partial charge in [0.25, 0.3) is 5.91 Å². The fourth-order valence-corrected chi connectivity index (χ4v) is 3.76. The number of benzene rings is 3. The zero-order valence-electron chi connectivity index (χ0n) is 17.1. The molecule has 1 aliphatic carbocycles. The van der Waals surface area contributed by atoms with Crippen LogP contribution in [0.3, 0.4) is 0 Å². The molecule has 4 rings (SSSR count). The highest BCUT2D eigenvalue weighted by atomic mass is 35.5. The van der Waals surface area contributed by atoms with Crippen molar-refractivity contribution < 1.29 is 37.4 Å². The Morgan fingerprint density at radius 2 is 1.53 bits per heavy atom. The highest BCUT2D eigenvalue weighted by Crippen LogP contribution is 2.34. The molecule has 3 aromatic carbocycles. The topological polar surface area (TPSA) is 98.8 Å². The zero-order valence-corrected chi connectivity index (χ0v) is 17.9. The monoisotopic (exact) mass is 485 g/mol. The number of rotatable bonds is 6. The minimum absolute atomic E-state index is 0.0715. The van der Waals surface area contributed by atoms with E-state index in [0.717, 1.165) is 0 Å². The summed E-state index contributed by atoms with van der Waals surface area (Å²) in [5.41, 5.74) is 0.478. The lowest BCUT2D eigenvalue weighted by atomic mass is 9.83. The normalized spacial score (nSPS) is 12.1. The van der Waals surface area contributed by atoms with E-state index < -0.39 is 36.7 Å². The van der Waals surface area contributed by atoms with Gasteiger partial charge in [-0.1, -0.05) is 35.9 Å². The lowest BCUT2D eigenvalue weighted by Gasteiger charge is -2.19. The molecule has 7 nitrogen and oxygen atoms in total. The van der Waals surface area contributed by atoms with E-state index in [9.17, 15) is 28.0 Å². The van der Waals surface area contributed by atoms with Gasteiger partial charge in [-0.05, 0) is 36.4 Å². The number of carbonyl (C=O) groups is 4. The van der Waals surface area contributed by atoms with E-state index in [2.05, 4.69) is 10.1 Å². The zero-order chi connectivity index (χ0) is 24.4. The summed E-state index contributed by atoms with van der Waals surface area (Å²) >= 11 is 6.30. The van der Waals surface area contributed by atoms with Crippen LogP contribution < -0.4 is 10.1 Å². The van der Waals surface area contributed by atoms with Crippen LogP contribution in [-0.2, 0) is 9.53 Å². The van der Waals surface area contributed by atoms with E-state index >= 15 is 0 Å². The summed E-state index contributed by atoms with van der Waals surface area (Å²) in [5, 5.41) is 2.18. The molecule has 0 bridgehead atoms. The summed E-state index contributed by atoms with van der Waals surface area (Å²) < 4.78 is 33.6. The predicted molar refractivity (Wildman–Crippen MR) is 117 cm³/mol. The number of ketones is 2. The van der Waals surface area contributed by atoms with Crippen LogP contribution >= 0.6 is 11.6 Å². The van der Waals surface area contributed by atoms with E-state index in [1.54, 1.807) is 12.1 Å². The Bertz CT molecular complexity index is 1320. The summed E-state index contributed by atoms with van der Waals surface area (Å²) in [4.78, 5) is 50.2. The molecule has 0 spiro atoms. The van der Waals surface area contributed by atoms with Gasteiger partial charge in [0.1, 0.15) is 5.75 Å². The van der Waals surface area contributed by atoms with Crippen molar-refractivity contribution in [1.82, 2.24) is 0 Å². The molecule has 10 heteroatoms. The van der Waals surface area contributed by atoms with Crippen molar-refractivity contribution in [3.63, 3.8) is 0 Å². The number of fused-ring (bicyclic) bond motifs is 2. The Labute approximate surface area is 196 Å². The number of halogens is 3. The molecule has 1 aliphatic rings. The van der Waals surface area contributed by atoms with Gasteiger partial charge in [0.2, 0.25) is 0 Å². The van der Waals surface area contributed by atoms with Gasteiger partial charge >= 0.3 is 12.6 Å². The molecule has 0 aliphatic heterocycles. The first-order valence-electron chi connectivity index (χ1n) is 9.79. The van der Waals surface area contributed by atoms with Crippen LogP contribution in [0.2, 0.25) is 5.02 Å². The van der Waals surface area contributed by atoms with E-state index in [4.69, 9.17) is 16.3 Å². The van der Waals surface area contributed by atoms with Gasteiger partial charge in [0, 0.05) is 22.4 Å². The summed E-state index contributed by atoms with van der Waals surface area (Å²) in [6.07, 6.45) is 0. The number of esters is 1. The van der Waals surface area contributed by atoms with Crippen molar-refractivity contribution in [2.75, 3.05) is 11.9 Å².